The van der Waals surface area contributed by atoms with Crippen LogP contribution in [0.1, 0.15) is 29.2 Å². The van der Waals surface area contributed by atoms with Gasteiger partial charge in [0.05, 0.1) is 6.04 Å². The van der Waals surface area contributed by atoms with E-state index in [0.717, 1.165) is 16.7 Å². The number of piperazine rings is 1. The van der Waals surface area contributed by atoms with Crippen LogP contribution < -0.4 is 0 Å². The number of carbonyl (C=O) groups is 1. The average Bonchev–Trinajstić information content (AvgIpc) is 2.81. The highest BCUT2D eigenvalue weighted by molar-refractivity contribution is 5.78. The molecule has 5 heteroatoms. The van der Waals surface area contributed by atoms with Gasteiger partial charge in [-0.3, -0.25) is 9.69 Å². The van der Waals surface area contributed by atoms with Crippen molar-refractivity contribution < 1.29 is 13.6 Å². The van der Waals surface area contributed by atoms with Crippen molar-refractivity contribution in [3.8, 4) is 0 Å². The third kappa shape index (κ3) is 5.36. The standard InChI is InChI=1S/C26H25F2N2O/c27-23-11-7-21(8-12-23)26(22-9-13-24(28)14-10-22)30-18-16-29(17-19-30)25(31)15-6-20-4-2-1-3-5-20/h1-14,26H,15-19H2. The summed E-state index contributed by atoms with van der Waals surface area (Å²) in [6.07, 6.45) is 2.33. The van der Waals surface area contributed by atoms with Gasteiger partial charge >= 0.3 is 0 Å². The van der Waals surface area contributed by atoms with E-state index in [0.29, 0.717) is 32.6 Å². The molecule has 1 aliphatic rings. The van der Waals surface area contributed by atoms with Gasteiger partial charge in [0.2, 0.25) is 5.91 Å². The molecule has 0 aromatic heterocycles. The number of carbonyl (C=O) groups excluding carboxylic acids is 1. The Labute approximate surface area is 181 Å². The van der Waals surface area contributed by atoms with Crippen LogP contribution >= 0.6 is 0 Å². The van der Waals surface area contributed by atoms with Crippen LogP contribution in [0.25, 0.3) is 0 Å². The molecule has 1 amide bonds. The van der Waals surface area contributed by atoms with Crippen LogP contribution in [0.15, 0.2) is 78.9 Å². The minimum absolute atomic E-state index is 0.114. The first-order chi connectivity index (χ1) is 15.1. The molecule has 0 bridgehead atoms. The minimum atomic E-state index is -0.285. The summed E-state index contributed by atoms with van der Waals surface area (Å²) in [5.74, 6) is -0.456. The summed E-state index contributed by atoms with van der Waals surface area (Å²) in [4.78, 5) is 16.8. The summed E-state index contributed by atoms with van der Waals surface area (Å²) in [6.45, 7) is 2.63. The molecule has 3 nitrogen and oxygen atoms in total. The molecule has 4 rings (SSSR count). The zero-order valence-corrected chi connectivity index (χ0v) is 17.3. The number of benzene rings is 3. The first kappa shape index (κ1) is 21.2. The topological polar surface area (TPSA) is 23.6 Å². The third-order valence-corrected chi connectivity index (χ3v) is 5.72. The Hall–Kier alpha value is -3.05. The van der Waals surface area contributed by atoms with Crippen molar-refractivity contribution in [2.75, 3.05) is 26.2 Å². The van der Waals surface area contributed by atoms with Gasteiger partial charge in [-0.05, 0) is 47.4 Å². The fourth-order valence-corrected chi connectivity index (χ4v) is 4.06. The van der Waals surface area contributed by atoms with Gasteiger partial charge in [0.25, 0.3) is 0 Å². The molecule has 0 spiro atoms. The van der Waals surface area contributed by atoms with Crippen LogP contribution in [0.5, 0.6) is 0 Å². The average molecular weight is 419 g/mol. The summed E-state index contributed by atoms with van der Waals surface area (Å²) in [7, 11) is 0. The molecule has 1 aliphatic heterocycles. The molecule has 3 aromatic carbocycles. The van der Waals surface area contributed by atoms with Crippen LogP contribution in [-0.2, 0) is 4.79 Å². The normalized spacial score (nSPS) is 14.7. The molecular weight excluding hydrogens is 394 g/mol. The SMILES string of the molecule is O=C(C[CH]c1ccccc1)N1CCN(C(c2ccc(F)cc2)c2ccc(F)cc2)CC1. The molecule has 0 N–H and O–H groups in total. The maximum atomic E-state index is 13.5. The van der Waals surface area contributed by atoms with E-state index in [1.165, 1.54) is 24.3 Å². The van der Waals surface area contributed by atoms with Gasteiger partial charge in [-0.15, -0.1) is 0 Å². The van der Waals surface area contributed by atoms with E-state index in [4.69, 9.17) is 0 Å². The van der Waals surface area contributed by atoms with Crippen molar-refractivity contribution in [1.29, 1.82) is 0 Å². The number of rotatable bonds is 6. The number of nitrogens with zero attached hydrogens (tertiary/aromatic N) is 2. The van der Waals surface area contributed by atoms with Crippen molar-refractivity contribution in [1.82, 2.24) is 9.80 Å². The Kier molecular flexibility index (Phi) is 6.73. The predicted octanol–water partition coefficient (Wildman–Crippen LogP) is 4.84. The number of hydrogen-bond donors (Lipinski definition) is 0. The Balaban J connectivity index is 1.43. The van der Waals surface area contributed by atoms with Crippen LogP contribution in [-0.4, -0.2) is 41.9 Å². The van der Waals surface area contributed by atoms with Gasteiger partial charge in [0, 0.05) is 32.6 Å². The second-order valence-corrected chi connectivity index (χ2v) is 7.74. The molecule has 31 heavy (non-hydrogen) atoms. The summed E-state index contributed by atoms with van der Waals surface area (Å²) in [5.41, 5.74) is 2.94. The molecule has 0 aliphatic carbocycles. The predicted molar refractivity (Wildman–Crippen MR) is 117 cm³/mol. The monoisotopic (exact) mass is 419 g/mol. The Morgan fingerprint density at radius 3 is 1.81 bits per heavy atom. The number of amides is 1. The summed E-state index contributed by atoms with van der Waals surface area (Å²) in [6, 6.07) is 22.6. The zero-order chi connectivity index (χ0) is 21.6. The van der Waals surface area contributed by atoms with Crippen LogP contribution in [0.3, 0.4) is 0 Å². The lowest BCUT2D eigenvalue weighted by Crippen LogP contribution is -2.49. The second kappa shape index (κ2) is 9.84. The van der Waals surface area contributed by atoms with Gasteiger partial charge in [-0.1, -0.05) is 54.6 Å². The highest BCUT2D eigenvalue weighted by Gasteiger charge is 2.28. The molecule has 0 saturated carbocycles. The quantitative estimate of drug-likeness (QED) is 0.571. The fourth-order valence-electron chi connectivity index (χ4n) is 4.06. The lowest BCUT2D eigenvalue weighted by molar-refractivity contribution is -0.132. The molecule has 1 fully saturated rings. The van der Waals surface area contributed by atoms with Crippen molar-refractivity contribution in [3.05, 3.63) is 114 Å². The van der Waals surface area contributed by atoms with Gasteiger partial charge in [-0.25, -0.2) is 8.78 Å². The van der Waals surface area contributed by atoms with Gasteiger partial charge in [-0.2, -0.15) is 0 Å². The van der Waals surface area contributed by atoms with E-state index in [2.05, 4.69) is 4.90 Å². The van der Waals surface area contributed by atoms with Crippen LogP contribution in [0.2, 0.25) is 0 Å². The zero-order valence-electron chi connectivity index (χ0n) is 17.3. The Morgan fingerprint density at radius 1 is 0.774 bits per heavy atom. The first-order valence-electron chi connectivity index (χ1n) is 10.5. The highest BCUT2D eigenvalue weighted by Crippen LogP contribution is 2.30. The molecule has 0 unspecified atom stereocenters. The van der Waals surface area contributed by atoms with Crippen molar-refractivity contribution in [3.63, 3.8) is 0 Å². The van der Waals surface area contributed by atoms with Crippen molar-refractivity contribution >= 4 is 5.91 Å². The third-order valence-electron chi connectivity index (χ3n) is 5.72. The Morgan fingerprint density at radius 2 is 1.29 bits per heavy atom. The number of hydrogen-bond acceptors (Lipinski definition) is 2. The summed E-state index contributed by atoms with van der Waals surface area (Å²) in [5, 5.41) is 0. The molecule has 1 saturated heterocycles. The lowest BCUT2D eigenvalue weighted by atomic mass is 9.96. The highest BCUT2D eigenvalue weighted by atomic mass is 19.1. The molecule has 159 valence electrons. The van der Waals surface area contributed by atoms with E-state index in [-0.39, 0.29) is 23.6 Å². The molecule has 1 radical (unpaired) electrons. The Bertz CT molecular complexity index is 937. The van der Waals surface area contributed by atoms with Crippen LogP contribution in [0.4, 0.5) is 8.78 Å². The van der Waals surface area contributed by atoms with Gasteiger partial charge in [0.15, 0.2) is 0 Å². The van der Waals surface area contributed by atoms with Gasteiger partial charge < -0.3 is 4.90 Å². The molecule has 1 heterocycles. The van der Waals surface area contributed by atoms with E-state index in [1.807, 2.05) is 41.7 Å². The number of halogens is 2. The van der Waals surface area contributed by atoms with Crippen molar-refractivity contribution in [2.45, 2.75) is 12.5 Å². The maximum Gasteiger partial charge on any atom is 0.223 e. The fraction of sp³-hybridized carbons (Fsp3) is 0.231. The maximum absolute atomic E-state index is 13.5. The smallest absolute Gasteiger partial charge is 0.223 e. The van der Waals surface area contributed by atoms with E-state index in [1.54, 1.807) is 24.3 Å². The molecule has 3 aromatic rings. The first-order valence-corrected chi connectivity index (χ1v) is 10.5. The van der Waals surface area contributed by atoms with E-state index >= 15 is 0 Å². The lowest BCUT2D eigenvalue weighted by Gasteiger charge is -2.40. The molecule has 0 atom stereocenters. The van der Waals surface area contributed by atoms with E-state index in [9.17, 15) is 13.6 Å². The van der Waals surface area contributed by atoms with Crippen molar-refractivity contribution in [2.24, 2.45) is 0 Å². The summed E-state index contributed by atoms with van der Waals surface area (Å²) >= 11 is 0. The summed E-state index contributed by atoms with van der Waals surface area (Å²) < 4.78 is 26.9. The minimum Gasteiger partial charge on any atom is -0.340 e. The molecular formula is C26H25F2N2O. The van der Waals surface area contributed by atoms with Crippen LogP contribution in [0, 0.1) is 18.1 Å². The largest absolute Gasteiger partial charge is 0.340 e. The van der Waals surface area contributed by atoms with E-state index < -0.39 is 0 Å². The van der Waals surface area contributed by atoms with Gasteiger partial charge in [0.1, 0.15) is 11.6 Å². The second-order valence-electron chi connectivity index (χ2n) is 7.74.